The summed E-state index contributed by atoms with van der Waals surface area (Å²) in [6, 6.07) is -0.152. The van der Waals surface area contributed by atoms with Crippen LogP contribution in [0.15, 0.2) is 0 Å². The van der Waals surface area contributed by atoms with Crippen molar-refractivity contribution in [1.29, 1.82) is 0 Å². The van der Waals surface area contributed by atoms with Crippen molar-refractivity contribution in [3.63, 3.8) is 0 Å². The van der Waals surface area contributed by atoms with Gasteiger partial charge in [-0.05, 0) is 40.2 Å². The Morgan fingerprint density at radius 3 is 2.29 bits per heavy atom. The van der Waals surface area contributed by atoms with Crippen LogP contribution in [0.5, 0.6) is 0 Å². The summed E-state index contributed by atoms with van der Waals surface area (Å²) < 4.78 is 0. The number of hydrogen-bond donors (Lipinski definition) is 2. The molecule has 0 heterocycles. The van der Waals surface area contributed by atoms with Crippen LogP contribution in [-0.4, -0.2) is 42.5 Å². The van der Waals surface area contributed by atoms with Crippen molar-refractivity contribution in [3.05, 3.63) is 0 Å². The van der Waals surface area contributed by atoms with Crippen LogP contribution in [0, 0.1) is 5.92 Å². The number of hydrogen-bond acceptors (Lipinski definition) is 3. The van der Waals surface area contributed by atoms with Gasteiger partial charge in [0.2, 0.25) is 5.91 Å². The first kappa shape index (κ1) is 16.4. The van der Waals surface area contributed by atoms with Crippen LogP contribution in [0.2, 0.25) is 0 Å². The third-order valence-corrected chi connectivity index (χ3v) is 3.44. The molecule has 4 heteroatoms. The van der Waals surface area contributed by atoms with E-state index in [-0.39, 0.29) is 17.5 Å². The van der Waals surface area contributed by atoms with Crippen molar-refractivity contribution in [2.45, 2.75) is 52.6 Å². The van der Waals surface area contributed by atoms with Crippen LogP contribution in [0.1, 0.15) is 41.0 Å². The molecule has 1 atom stereocenters. The first-order chi connectivity index (χ1) is 7.72. The summed E-state index contributed by atoms with van der Waals surface area (Å²) in [5.41, 5.74) is 5.55. The molecule has 0 radical (unpaired) electrons. The molecule has 0 aliphatic rings. The van der Waals surface area contributed by atoms with E-state index in [1.54, 1.807) is 0 Å². The van der Waals surface area contributed by atoms with E-state index in [1.807, 2.05) is 32.7 Å². The minimum absolute atomic E-state index is 0.0784. The molecule has 0 fully saturated rings. The first-order valence-corrected chi connectivity index (χ1v) is 6.43. The molecule has 0 aromatic carbocycles. The Morgan fingerprint density at radius 1 is 1.35 bits per heavy atom. The number of nitrogens with one attached hydrogen (secondary N) is 1. The van der Waals surface area contributed by atoms with E-state index < -0.39 is 0 Å². The summed E-state index contributed by atoms with van der Waals surface area (Å²) in [4.78, 5) is 14.0. The van der Waals surface area contributed by atoms with Gasteiger partial charge in [-0.25, -0.2) is 0 Å². The number of amides is 1. The van der Waals surface area contributed by atoms with Crippen LogP contribution >= 0.6 is 0 Å². The van der Waals surface area contributed by atoms with E-state index in [9.17, 15) is 4.79 Å². The molecular weight excluding hydrogens is 214 g/mol. The van der Waals surface area contributed by atoms with Gasteiger partial charge in [0.25, 0.3) is 0 Å². The van der Waals surface area contributed by atoms with Crippen LogP contribution in [0.3, 0.4) is 0 Å². The maximum atomic E-state index is 11.9. The van der Waals surface area contributed by atoms with Gasteiger partial charge in [0.1, 0.15) is 0 Å². The Morgan fingerprint density at radius 2 is 1.88 bits per heavy atom. The lowest BCUT2D eigenvalue weighted by Crippen LogP contribution is -2.55. The van der Waals surface area contributed by atoms with Crippen molar-refractivity contribution in [2.75, 3.05) is 20.1 Å². The minimum atomic E-state index is -0.158. The number of carbonyl (C=O) groups excluding carboxylic acids is 1. The Bertz CT molecular complexity index is 239. The van der Waals surface area contributed by atoms with Crippen LogP contribution < -0.4 is 11.1 Å². The maximum absolute atomic E-state index is 11.9. The van der Waals surface area contributed by atoms with Crippen LogP contribution in [0.4, 0.5) is 0 Å². The average molecular weight is 243 g/mol. The van der Waals surface area contributed by atoms with E-state index in [1.165, 1.54) is 0 Å². The Hall–Kier alpha value is -0.610. The van der Waals surface area contributed by atoms with E-state index in [0.717, 1.165) is 13.0 Å². The van der Waals surface area contributed by atoms with Crippen LogP contribution in [0.25, 0.3) is 0 Å². The van der Waals surface area contributed by atoms with Crippen molar-refractivity contribution in [3.8, 4) is 0 Å². The van der Waals surface area contributed by atoms with Gasteiger partial charge in [-0.2, -0.15) is 0 Å². The number of nitrogens with two attached hydrogens (primary N) is 1. The molecule has 102 valence electrons. The van der Waals surface area contributed by atoms with Gasteiger partial charge in [0, 0.05) is 18.6 Å². The topological polar surface area (TPSA) is 58.4 Å². The Labute approximate surface area is 106 Å². The fourth-order valence-electron chi connectivity index (χ4n) is 1.48. The van der Waals surface area contributed by atoms with Gasteiger partial charge in [0.15, 0.2) is 0 Å². The molecule has 0 saturated carbocycles. The van der Waals surface area contributed by atoms with Gasteiger partial charge in [-0.3, -0.25) is 9.69 Å². The molecule has 0 aromatic heterocycles. The van der Waals surface area contributed by atoms with Gasteiger partial charge in [0.05, 0.1) is 6.04 Å². The zero-order valence-corrected chi connectivity index (χ0v) is 12.2. The quantitative estimate of drug-likeness (QED) is 0.706. The van der Waals surface area contributed by atoms with E-state index in [2.05, 4.69) is 19.2 Å². The van der Waals surface area contributed by atoms with Crippen LogP contribution in [-0.2, 0) is 4.79 Å². The van der Waals surface area contributed by atoms with E-state index in [4.69, 9.17) is 5.73 Å². The predicted molar refractivity (Wildman–Crippen MR) is 72.8 cm³/mol. The van der Waals surface area contributed by atoms with Gasteiger partial charge >= 0.3 is 0 Å². The second-order valence-corrected chi connectivity index (χ2v) is 5.78. The molecule has 3 N–H and O–H groups in total. The molecule has 17 heavy (non-hydrogen) atoms. The zero-order valence-electron chi connectivity index (χ0n) is 12.2. The first-order valence-electron chi connectivity index (χ1n) is 6.43. The van der Waals surface area contributed by atoms with Gasteiger partial charge in [-0.15, -0.1) is 0 Å². The third kappa shape index (κ3) is 5.50. The lowest BCUT2D eigenvalue weighted by Gasteiger charge is -2.38. The lowest BCUT2D eigenvalue weighted by molar-refractivity contribution is -0.127. The van der Waals surface area contributed by atoms with Gasteiger partial charge in [-0.1, -0.05) is 13.8 Å². The van der Waals surface area contributed by atoms with Crippen molar-refractivity contribution < 1.29 is 4.79 Å². The minimum Gasteiger partial charge on any atom is -0.355 e. The predicted octanol–water partition coefficient (Wildman–Crippen LogP) is 1.21. The molecule has 0 rings (SSSR count). The summed E-state index contributed by atoms with van der Waals surface area (Å²) in [7, 11) is 1.94. The average Bonchev–Trinajstić information content (AvgIpc) is 2.26. The molecule has 0 spiro atoms. The molecule has 0 aliphatic carbocycles. The summed E-state index contributed by atoms with van der Waals surface area (Å²) >= 11 is 0. The molecule has 1 amide bonds. The number of carbonyl (C=O) groups is 1. The highest BCUT2D eigenvalue weighted by Crippen LogP contribution is 2.13. The maximum Gasteiger partial charge on any atom is 0.237 e. The number of likely N-dealkylation sites (N-methyl/N-ethyl adjacent to an activating group) is 1. The standard InChI is InChI=1S/C13H29N3O/c1-10(2)7-8-15-12(17)11(3)16(6)13(4,5)9-14/h10-11H,7-9,14H2,1-6H3,(H,15,17). The second kappa shape index (κ2) is 6.97. The normalized spacial score (nSPS) is 14.2. The molecular formula is C13H29N3O. The summed E-state index contributed by atoms with van der Waals surface area (Å²) in [6.45, 7) is 11.6. The lowest BCUT2D eigenvalue weighted by atomic mass is 10.0. The molecule has 0 saturated heterocycles. The SMILES string of the molecule is CC(C)CCNC(=O)C(C)N(C)C(C)(C)CN. The van der Waals surface area contributed by atoms with Crippen molar-refractivity contribution >= 4 is 5.91 Å². The Kier molecular flexibility index (Phi) is 6.72. The molecule has 4 nitrogen and oxygen atoms in total. The summed E-state index contributed by atoms with van der Waals surface area (Å²) in [5.74, 6) is 0.693. The Balaban J connectivity index is 4.21. The van der Waals surface area contributed by atoms with Crippen molar-refractivity contribution in [1.82, 2.24) is 10.2 Å². The summed E-state index contributed by atoms with van der Waals surface area (Å²) in [6.07, 6.45) is 1.02. The molecule has 0 aliphatic heterocycles. The van der Waals surface area contributed by atoms with Crippen molar-refractivity contribution in [2.24, 2.45) is 11.7 Å². The van der Waals surface area contributed by atoms with Gasteiger partial charge < -0.3 is 11.1 Å². The monoisotopic (exact) mass is 243 g/mol. The highest BCUT2D eigenvalue weighted by Gasteiger charge is 2.29. The molecule has 1 unspecified atom stereocenters. The number of nitrogens with zero attached hydrogens (tertiary/aromatic N) is 1. The molecule has 0 bridgehead atoms. The fourth-order valence-corrected chi connectivity index (χ4v) is 1.48. The highest BCUT2D eigenvalue weighted by atomic mass is 16.2. The number of rotatable bonds is 7. The largest absolute Gasteiger partial charge is 0.355 e. The van der Waals surface area contributed by atoms with E-state index in [0.29, 0.717) is 12.5 Å². The highest BCUT2D eigenvalue weighted by molar-refractivity contribution is 5.81. The summed E-state index contributed by atoms with van der Waals surface area (Å²) in [5, 5.41) is 2.97. The third-order valence-electron chi connectivity index (χ3n) is 3.44. The van der Waals surface area contributed by atoms with E-state index >= 15 is 0 Å². The smallest absolute Gasteiger partial charge is 0.237 e. The fraction of sp³-hybridized carbons (Fsp3) is 0.923. The second-order valence-electron chi connectivity index (χ2n) is 5.78. The zero-order chi connectivity index (χ0) is 13.6. The molecule has 0 aromatic rings.